The fraction of sp³-hybridized carbons (Fsp3) is 0.462. The van der Waals surface area contributed by atoms with Crippen LogP contribution in [0.25, 0.3) is 0 Å². The Labute approximate surface area is 102 Å². The van der Waals surface area contributed by atoms with Gasteiger partial charge in [-0.05, 0) is 19.9 Å². The van der Waals surface area contributed by atoms with Crippen LogP contribution in [0.1, 0.15) is 18.1 Å². The largest absolute Gasteiger partial charge is 0.345 e. The first-order chi connectivity index (χ1) is 8.04. The number of amides is 1. The maximum absolute atomic E-state index is 13.4. The molecule has 0 heterocycles. The minimum atomic E-state index is -0.237. The second kappa shape index (κ2) is 6.35. The highest BCUT2D eigenvalue weighted by molar-refractivity contribution is 5.77. The van der Waals surface area contributed by atoms with Crippen molar-refractivity contribution in [1.29, 1.82) is 0 Å². The summed E-state index contributed by atoms with van der Waals surface area (Å²) in [7, 11) is 1.75. The van der Waals surface area contributed by atoms with E-state index in [2.05, 4.69) is 5.32 Å². The van der Waals surface area contributed by atoms with E-state index in [1.165, 1.54) is 6.07 Å². The van der Waals surface area contributed by atoms with Gasteiger partial charge < -0.3 is 10.2 Å². The highest BCUT2D eigenvalue weighted by atomic mass is 19.1. The number of carbonyl (C=O) groups is 1. The van der Waals surface area contributed by atoms with Gasteiger partial charge in [-0.3, -0.25) is 4.79 Å². The number of nitrogens with zero attached hydrogens (tertiary/aromatic N) is 1. The number of benzene rings is 1. The zero-order valence-corrected chi connectivity index (χ0v) is 10.6. The normalized spacial score (nSPS) is 10.4. The molecule has 3 nitrogen and oxygen atoms in total. The van der Waals surface area contributed by atoms with Crippen LogP contribution in [0.15, 0.2) is 18.2 Å². The Hall–Kier alpha value is -1.42. The summed E-state index contributed by atoms with van der Waals surface area (Å²) >= 11 is 0. The molecule has 0 fully saturated rings. The lowest BCUT2D eigenvalue weighted by Gasteiger charge is -2.14. The molecule has 0 aliphatic rings. The number of carbonyl (C=O) groups excluding carboxylic acids is 1. The van der Waals surface area contributed by atoms with Crippen molar-refractivity contribution in [3.05, 3.63) is 35.1 Å². The Bertz CT molecular complexity index is 393. The lowest BCUT2D eigenvalue weighted by atomic mass is 10.1. The van der Waals surface area contributed by atoms with Crippen LogP contribution in [0.3, 0.4) is 0 Å². The van der Waals surface area contributed by atoms with E-state index in [1.807, 2.05) is 13.8 Å². The van der Waals surface area contributed by atoms with Gasteiger partial charge in [-0.2, -0.15) is 0 Å². The van der Waals surface area contributed by atoms with E-state index in [9.17, 15) is 9.18 Å². The van der Waals surface area contributed by atoms with Crippen molar-refractivity contribution in [2.75, 3.05) is 20.1 Å². The van der Waals surface area contributed by atoms with Crippen molar-refractivity contribution in [3.8, 4) is 0 Å². The third-order valence-corrected chi connectivity index (χ3v) is 2.69. The van der Waals surface area contributed by atoms with Crippen LogP contribution in [0.2, 0.25) is 0 Å². The third kappa shape index (κ3) is 4.15. The molecule has 0 spiro atoms. The number of halogens is 1. The second-order valence-corrected chi connectivity index (χ2v) is 4.11. The fourth-order valence-corrected chi connectivity index (χ4v) is 1.45. The molecular weight excluding hydrogens is 219 g/mol. The molecule has 94 valence electrons. The number of aryl methyl sites for hydroxylation is 1. The quantitative estimate of drug-likeness (QED) is 0.847. The molecule has 0 unspecified atom stereocenters. The van der Waals surface area contributed by atoms with Crippen LogP contribution in [0.4, 0.5) is 4.39 Å². The molecule has 0 radical (unpaired) electrons. The molecule has 1 N–H and O–H groups in total. The van der Waals surface area contributed by atoms with E-state index in [0.29, 0.717) is 18.7 Å². The SMILES string of the molecule is CCN(C)C(=O)CNCc1cc(C)ccc1F. The average Bonchev–Trinajstić information content (AvgIpc) is 2.32. The molecule has 0 atom stereocenters. The average molecular weight is 238 g/mol. The summed E-state index contributed by atoms with van der Waals surface area (Å²) in [6.07, 6.45) is 0. The predicted molar refractivity (Wildman–Crippen MR) is 66.2 cm³/mol. The van der Waals surface area contributed by atoms with E-state index in [1.54, 1.807) is 24.1 Å². The van der Waals surface area contributed by atoms with Crippen molar-refractivity contribution in [1.82, 2.24) is 10.2 Å². The maximum atomic E-state index is 13.4. The minimum Gasteiger partial charge on any atom is -0.345 e. The first-order valence-corrected chi connectivity index (χ1v) is 5.74. The van der Waals surface area contributed by atoms with E-state index in [4.69, 9.17) is 0 Å². The topological polar surface area (TPSA) is 32.3 Å². The Balaban J connectivity index is 2.46. The summed E-state index contributed by atoms with van der Waals surface area (Å²) in [5.74, 6) is -0.222. The molecule has 1 amide bonds. The van der Waals surface area contributed by atoms with Crippen LogP contribution < -0.4 is 5.32 Å². The van der Waals surface area contributed by atoms with Crippen LogP contribution in [-0.2, 0) is 11.3 Å². The van der Waals surface area contributed by atoms with Gasteiger partial charge in [0.05, 0.1) is 6.54 Å². The molecule has 17 heavy (non-hydrogen) atoms. The molecule has 1 aromatic carbocycles. The van der Waals surface area contributed by atoms with Crippen LogP contribution in [0, 0.1) is 12.7 Å². The monoisotopic (exact) mass is 238 g/mol. The van der Waals surface area contributed by atoms with Gasteiger partial charge in [0, 0.05) is 25.7 Å². The Morgan fingerprint density at radius 3 is 2.82 bits per heavy atom. The predicted octanol–water partition coefficient (Wildman–Crippen LogP) is 1.70. The zero-order valence-electron chi connectivity index (χ0n) is 10.6. The van der Waals surface area contributed by atoms with E-state index < -0.39 is 0 Å². The molecule has 0 aliphatic heterocycles. The van der Waals surface area contributed by atoms with Gasteiger partial charge in [-0.25, -0.2) is 4.39 Å². The molecule has 0 saturated heterocycles. The molecule has 0 aromatic heterocycles. The van der Waals surface area contributed by atoms with Gasteiger partial charge in [0.15, 0.2) is 0 Å². The summed E-state index contributed by atoms with van der Waals surface area (Å²) < 4.78 is 13.4. The van der Waals surface area contributed by atoms with Crippen molar-refractivity contribution in [2.24, 2.45) is 0 Å². The number of likely N-dealkylation sites (N-methyl/N-ethyl adjacent to an activating group) is 1. The van der Waals surface area contributed by atoms with Crippen LogP contribution in [0.5, 0.6) is 0 Å². The van der Waals surface area contributed by atoms with Crippen molar-refractivity contribution in [3.63, 3.8) is 0 Å². The van der Waals surface area contributed by atoms with Crippen LogP contribution in [-0.4, -0.2) is 30.9 Å². The number of nitrogens with one attached hydrogen (secondary N) is 1. The van der Waals surface area contributed by atoms with Gasteiger partial charge in [0.2, 0.25) is 5.91 Å². The summed E-state index contributed by atoms with van der Waals surface area (Å²) in [6, 6.07) is 4.97. The van der Waals surface area contributed by atoms with Gasteiger partial charge in [-0.15, -0.1) is 0 Å². The fourth-order valence-electron chi connectivity index (χ4n) is 1.45. The smallest absolute Gasteiger partial charge is 0.236 e. The molecule has 1 rings (SSSR count). The van der Waals surface area contributed by atoms with Gasteiger partial charge in [-0.1, -0.05) is 17.7 Å². The highest BCUT2D eigenvalue weighted by Crippen LogP contribution is 2.09. The highest BCUT2D eigenvalue weighted by Gasteiger charge is 2.07. The first kappa shape index (κ1) is 13.6. The summed E-state index contributed by atoms with van der Waals surface area (Å²) in [5.41, 5.74) is 1.61. The minimum absolute atomic E-state index is 0.0144. The van der Waals surface area contributed by atoms with Gasteiger partial charge in [0.25, 0.3) is 0 Å². The van der Waals surface area contributed by atoms with Gasteiger partial charge >= 0.3 is 0 Å². The first-order valence-electron chi connectivity index (χ1n) is 5.74. The zero-order chi connectivity index (χ0) is 12.8. The van der Waals surface area contributed by atoms with Crippen molar-refractivity contribution >= 4 is 5.91 Å². The lowest BCUT2D eigenvalue weighted by molar-refractivity contribution is -0.128. The molecule has 0 aliphatic carbocycles. The molecular formula is C13H19FN2O. The van der Waals surface area contributed by atoms with E-state index in [0.717, 1.165) is 5.56 Å². The molecule has 0 saturated carbocycles. The van der Waals surface area contributed by atoms with Crippen LogP contribution >= 0.6 is 0 Å². The summed E-state index contributed by atoms with van der Waals surface area (Å²) in [5, 5.41) is 2.95. The Kier molecular flexibility index (Phi) is 5.10. The Morgan fingerprint density at radius 2 is 2.18 bits per heavy atom. The molecule has 0 bridgehead atoms. The third-order valence-electron chi connectivity index (χ3n) is 2.69. The van der Waals surface area contributed by atoms with Crippen molar-refractivity contribution < 1.29 is 9.18 Å². The molecule has 4 heteroatoms. The maximum Gasteiger partial charge on any atom is 0.236 e. The second-order valence-electron chi connectivity index (χ2n) is 4.11. The lowest BCUT2D eigenvalue weighted by Crippen LogP contribution is -2.35. The molecule has 1 aromatic rings. The van der Waals surface area contributed by atoms with Gasteiger partial charge in [0.1, 0.15) is 5.82 Å². The Morgan fingerprint density at radius 1 is 1.47 bits per heavy atom. The number of rotatable bonds is 5. The van der Waals surface area contributed by atoms with E-state index in [-0.39, 0.29) is 18.3 Å². The number of hydrogen-bond acceptors (Lipinski definition) is 2. The van der Waals surface area contributed by atoms with E-state index >= 15 is 0 Å². The summed E-state index contributed by atoms with van der Waals surface area (Å²) in [4.78, 5) is 13.1. The van der Waals surface area contributed by atoms with Crippen molar-refractivity contribution in [2.45, 2.75) is 20.4 Å². The standard InChI is InChI=1S/C13H19FN2O/c1-4-16(3)13(17)9-15-8-11-7-10(2)5-6-12(11)14/h5-7,15H,4,8-9H2,1-3H3. The summed E-state index contributed by atoms with van der Waals surface area (Å²) in [6.45, 7) is 5.12. The number of hydrogen-bond donors (Lipinski definition) is 1.